The van der Waals surface area contributed by atoms with Crippen LogP contribution in [0.3, 0.4) is 0 Å². The first kappa shape index (κ1) is 24.0. The van der Waals surface area contributed by atoms with Crippen molar-refractivity contribution in [2.45, 2.75) is 36.4 Å². The first-order valence-corrected chi connectivity index (χ1v) is 10.6. The lowest BCUT2D eigenvalue weighted by Crippen LogP contribution is -2.32. The third kappa shape index (κ3) is 5.04. The zero-order chi connectivity index (χ0) is 23.8. The minimum Gasteiger partial charge on any atom is -0.479 e. The molecule has 0 aromatic heterocycles. The lowest BCUT2D eigenvalue weighted by atomic mass is 9.87. The Morgan fingerprint density at radius 1 is 1.22 bits per heavy atom. The van der Waals surface area contributed by atoms with Crippen LogP contribution in [0.15, 0.2) is 29.2 Å². The van der Waals surface area contributed by atoms with Crippen LogP contribution < -0.4 is 14.9 Å². The summed E-state index contributed by atoms with van der Waals surface area (Å²) in [4.78, 5) is 10.00. The molecule has 6 nitrogen and oxygen atoms in total. The smallest absolute Gasteiger partial charge is 0.416 e. The van der Waals surface area contributed by atoms with Gasteiger partial charge < -0.3 is 9.84 Å². The first-order chi connectivity index (χ1) is 14.8. The third-order valence-electron chi connectivity index (χ3n) is 4.81. The maximum absolute atomic E-state index is 14.2. The van der Waals surface area contributed by atoms with Crippen molar-refractivity contribution >= 4 is 29.3 Å². The quantitative estimate of drug-likeness (QED) is 0.495. The molecule has 0 heterocycles. The van der Waals surface area contributed by atoms with E-state index in [1.54, 1.807) is 0 Å². The lowest BCUT2D eigenvalue weighted by Gasteiger charge is -2.28. The molecular weight excluding hydrogens is 460 g/mol. The van der Waals surface area contributed by atoms with Crippen molar-refractivity contribution in [3.63, 3.8) is 0 Å². The van der Waals surface area contributed by atoms with Crippen LogP contribution in [0.1, 0.15) is 35.6 Å². The van der Waals surface area contributed by atoms with Crippen LogP contribution in [0.25, 0.3) is 0 Å². The highest BCUT2D eigenvalue weighted by atomic mass is 32.2. The number of nitrogens with one attached hydrogen (secondary N) is 1. The molecule has 0 aliphatic heterocycles. The van der Waals surface area contributed by atoms with Gasteiger partial charge in [0.05, 0.1) is 10.5 Å². The van der Waals surface area contributed by atoms with Gasteiger partial charge in [0.15, 0.2) is 18.2 Å². The van der Waals surface area contributed by atoms with Crippen LogP contribution in [0, 0.1) is 11.6 Å². The Bertz CT molecular complexity index is 1170. The summed E-state index contributed by atoms with van der Waals surface area (Å²) in [6.45, 7) is -0.952. The van der Waals surface area contributed by atoms with E-state index in [9.17, 15) is 35.2 Å². The second-order valence-corrected chi connectivity index (χ2v) is 8.82. The van der Waals surface area contributed by atoms with Gasteiger partial charge in [-0.25, -0.2) is 22.3 Å². The number of aliphatic carboxylic acids is 1. The standard InChI is InChI=1S/C19H15BF5NO5S/c20-10-4-9(19(23,24)25)5-11(6-10)32(29,30)26-15-3-1-2-12-13(15)7-14(21)17(22)18(12)31-8-16(27)28/h4-7,15,26H,1-3,8H2,(H,27,28). The summed E-state index contributed by atoms with van der Waals surface area (Å²) in [5, 5.41) is 8.75. The van der Waals surface area contributed by atoms with E-state index in [0.717, 1.165) is 12.1 Å². The van der Waals surface area contributed by atoms with Gasteiger partial charge in [0.1, 0.15) is 7.85 Å². The van der Waals surface area contributed by atoms with Gasteiger partial charge in [-0.1, -0.05) is 11.5 Å². The van der Waals surface area contributed by atoms with Crippen molar-refractivity contribution < 1.29 is 45.0 Å². The Balaban J connectivity index is 2.00. The predicted molar refractivity (Wildman–Crippen MR) is 102 cm³/mol. The maximum atomic E-state index is 14.2. The number of carboxylic acid groups (broad SMARTS) is 1. The summed E-state index contributed by atoms with van der Waals surface area (Å²) in [7, 11) is 0.878. The van der Waals surface area contributed by atoms with Crippen molar-refractivity contribution in [3.05, 3.63) is 52.6 Å². The van der Waals surface area contributed by atoms with Gasteiger partial charge in [0.2, 0.25) is 15.8 Å². The minimum atomic E-state index is -4.84. The van der Waals surface area contributed by atoms with Crippen LogP contribution in [0.2, 0.25) is 0 Å². The van der Waals surface area contributed by atoms with Gasteiger partial charge in [0, 0.05) is 11.6 Å². The molecule has 0 spiro atoms. The average molecular weight is 475 g/mol. The van der Waals surface area contributed by atoms with E-state index in [-0.39, 0.29) is 24.0 Å². The zero-order valence-corrected chi connectivity index (χ0v) is 17.0. The molecule has 13 heteroatoms. The van der Waals surface area contributed by atoms with Gasteiger partial charge >= 0.3 is 12.1 Å². The van der Waals surface area contributed by atoms with Gasteiger partial charge in [-0.3, -0.25) is 0 Å². The zero-order valence-electron chi connectivity index (χ0n) is 16.2. The Labute approximate surface area is 180 Å². The maximum Gasteiger partial charge on any atom is 0.416 e. The first-order valence-electron chi connectivity index (χ1n) is 9.15. The summed E-state index contributed by atoms with van der Waals surface area (Å²) in [5.74, 6) is -4.88. The highest BCUT2D eigenvalue weighted by Gasteiger charge is 2.34. The molecule has 0 amide bonds. The number of halogens is 5. The molecule has 0 fully saturated rings. The van der Waals surface area contributed by atoms with Crippen LogP contribution in [-0.4, -0.2) is 33.9 Å². The Morgan fingerprint density at radius 3 is 2.53 bits per heavy atom. The fourth-order valence-corrected chi connectivity index (χ4v) is 4.80. The van der Waals surface area contributed by atoms with Crippen molar-refractivity contribution in [2.24, 2.45) is 0 Å². The molecular formula is C19H15BF5NO5S. The number of alkyl halides is 3. The van der Waals surface area contributed by atoms with Crippen molar-refractivity contribution in [1.29, 1.82) is 0 Å². The predicted octanol–water partition coefficient (Wildman–Crippen LogP) is 2.60. The fourth-order valence-electron chi connectivity index (χ4n) is 3.47. The molecule has 170 valence electrons. The molecule has 2 aromatic rings. The highest BCUT2D eigenvalue weighted by Crippen LogP contribution is 2.39. The highest BCUT2D eigenvalue weighted by molar-refractivity contribution is 7.89. The second kappa shape index (κ2) is 8.70. The number of benzene rings is 2. The van der Waals surface area contributed by atoms with Gasteiger partial charge in [-0.05, 0) is 43.0 Å². The molecule has 2 radical (unpaired) electrons. The number of fused-ring (bicyclic) bond motifs is 1. The molecule has 0 saturated carbocycles. The lowest BCUT2D eigenvalue weighted by molar-refractivity contribution is -0.139. The van der Waals surface area contributed by atoms with Crippen LogP contribution >= 0.6 is 0 Å². The summed E-state index contributed by atoms with van der Waals surface area (Å²) in [6.07, 6.45) is -4.27. The van der Waals surface area contributed by atoms with E-state index in [1.807, 2.05) is 0 Å². The molecule has 32 heavy (non-hydrogen) atoms. The van der Waals surface area contributed by atoms with E-state index in [1.165, 1.54) is 0 Å². The minimum absolute atomic E-state index is 0.000869. The Kier molecular flexibility index (Phi) is 6.52. The third-order valence-corrected chi connectivity index (χ3v) is 6.26. The normalized spacial score (nSPS) is 16.5. The van der Waals surface area contributed by atoms with Crippen molar-refractivity contribution in [3.8, 4) is 5.75 Å². The number of rotatable bonds is 6. The molecule has 0 bridgehead atoms. The molecule has 1 unspecified atom stereocenters. The molecule has 2 aromatic carbocycles. The summed E-state index contributed by atoms with van der Waals surface area (Å²) >= 11 is 0. The Morgan fingerprint density at radius 2 is 1.91 bits per heavy atom. The molecule has 3 rings (SSSR count). The number of ether oxygens (including phenoxy) is 1. The summed E-state index contributed by atoms with van der Waals surface area (Å²) in [6, 6.07) is 1.47. The van der Waals surface area contributed by atoms with Crippen LogP contribution in [-0.2, 0) is 27.4 Å². The second-order valence-electron chi connectivity index (χ2n) is 7.11. The SMILES string of the molecule is [B]c1cc(C(F)(F)F)cc(S(=O)(=O)NC2CCCc3c2cc(F)c(F)c3OCC(=O)O)c1. The summed E-state index contributed by atoms with van der Waals surface area (Å²) < 4.78 is 100. The topological polar surface area (TPSA) is 92.7 Å². The van der Waals surface area contributed by atoms with Crippen molar-refractivity contribution in [1.82, 2.24) is 4.72 Å². The van der Waals surface area contributed by atoms with Crippen LogP contribution in [0.5, 0.6) is 5.75 Å². The van der Waals surface area contributed by atoms with Gasteiger partial charge in [-0.15, -0.1) is 0 Å². The number of hydrogen-bond donors (Lipinski definition) is 2. The molecule has 1 aliphatic carbocycles. The van der Waals surface area contributed by atoms with E-state index < -0.39 is 68.1 Å². The number of hydrogen-bond acceptors (Lipinski definition) is 4. The molecule has 0 saturated heterocycles. The van der Waals surface area contributed by atoms with E-state index in [2.05, 4.69) is 4.72 Å². The van der Waals surface area contributed by atoms with Gasteiger partial charge in [-0.2, -0.15) is 17.6 Å². The monoisotopic (exact) mass is 475 g/mol. The summed E-state index contributed by atoms with van der Waals surface area (Å²) in [5.41, 5.74) is -1.62. The van der Waals surface area contributed by atoms with E-state index in [4.69, 9.17) is 17.7 Å². The average Bonchev–Trinajstić information content (AvgIpc) is 2.67. The van der Waals surface area contributed by atoms with E-state index >= 15 is 0 Å². The van der Waals surface area contributed by atoms with E-state index in [0.29, 0.717) is 18.6 Å². The number of sulfonamides is 1. The Hall–Kier alpha value is -2.67. The molecule has 1 atom stereocenters. The fraction of sp³-hybridized carbons (Fsp3) is 0.316. The van der Waals surface area contributed by atoms with Gasteiger partial charge in [0.25, 0.3) is 0 Å². The van der Waals surface area contributed by atoms with Crippen molar-refractivity contribution in [2.75, 3.05) is 6.61 Å². The largest absolute Gasteiger partial charge is 0.479 e. The molecule has 1 aliphatic rings. The molecule has 2 N–H and O–H groups in total. The number of carboxylic acids is 1. The van der Waals surface area contributed by atoms with Crippen LogP contribution in [0.4, 0.5) is 22.0 Å². The number of carbonyl (C=O) groups is 1.